The summed E-state index contributed by atoms with van der Waals surface area (Å²) in [4.78, 5) is 14.9. The largest absolute Gasteiger partial charge is 0.378 e. The van der Waals surface area contributed by atoms with Crippen molar-refractivity contribution in [3.05, 3.63) is 65.0 Å². The molecule has 1 aliphatic heterocycles. The highest BCUT2D eigenvalue weighted by atomic mass is 19.1. The Bertz CT molecular complexity index is 917. The molecule has 1 aliphatic carbocycles. The van der Waals surface area contributed by atoms with Crippen molar-refractivity contribution < 1.29 is 18.3 Å². The van der Waals surface area contributed by atoms with E-state index in [1.54, 1.807) is 11.0 Å². The van der Waals surface area contributed by atoms with Crippen molar-refractivity contribution in [1.82, 2.24) is 20.0 Å². The summed E-state index contributed by atoms with van der Waals surface area (Å²) >= 11 is 0. The van der Waals surface area contributed by atoms with E-state index in [-0.39, 0.29) is 24.1 Å². The molecule has 0 bridgehead atoms. The van der Waals surface area contributed by atoms with E-state index in [0.29, 0.717) is 45.0 Å². The summed E-state index contributed by atoms with van der Waals surface area (Å²) in [5, 5.41) is 7.87. The van der Waals surface area contributed by atoms with Gasteiger partial charge < -0.3 is 15.0 Å². The van der Waals surface area contributed by atoms with Gasteiger partial charge >= 0.3 is 0 Å². The van der Waals surface area contributed by atoms with E-state index in [1.165, 1.54) is 18.2 Å². The molecule has 1 atom stereocenters. The Kier molecular flexibility index (Phi) is 6.24. The first-order chi connectivity index (χ1) is 14.6. The normalized spacial score (nSPS) is 18.9. The Morgan fingerprint density at radius 1 is 1.30 bits per heavy atom. The third-order valence-corrected chi connectivity index (χ3v) is 5.78. The van der Waals surface area contributed by atoms with Gasteiger partial charge in [0.2, 0.25) is 0 Å². The summed E-state index contributed by atoms with van der Waals surface area (Å²) in [5.74, 6) is -1.19. The molecule has 1 amide bonds. The van der Waals surface area contributed by atoms with Gasteiger partial charge in [-0.3, -0.25) is 9.48 Å². The minimum absolute atomic E-state index is 0.00845. The number of benzene rings is 1. The Hall–Kier alpha value is -2.58. The number of nitrogens with one attached hydrogen (secondary N) is 1. The van der Waals surface area contributed by atoms with Crippen LogP contribution in [0, 0.1) is 11.6 Å². The maximum Gasteiger partial charge on any atom is 0.274 e. The number of nitrogens with zero attached hydrogens (tertiary/aromatic N) is 3. The minimum Gasteiger partial charge on any atom is -0.378 e. The van der Waals surface area contributed by atoms with Crippen LogP contribution in [0.25, 0.3) is 0 Å². The molecule has 160 valence electrons. The number of hydrogen-bond acceptors (Lipinski definition) is 4. The lowest BCUT2D eigenvalue weighted by atomic mass is 9.90. The van der Waals surface area contributed by atoms with E-state index in [9.17, 15) is 13.6 Å². The third kappa shape index (κ3) is 4.15. The van der Waals surface area contributed by atoms with Crippen molar-refractivity contribution in [3.8, 4) is 0 Å². The fourth-order valence-electron chi connectivity index (χ4n) is 4.17. The van der Waals surface area contributed by atoms with Crippen LogP contribution in [0.1, 0.15) is 33.7 Å². The number of morpholine rings is 1. The highest BCUT2D eigenvalue weighted by Gasteiger charge is 2.31. The van der Waals surface area contributed by atoms with Crippen molar-refractivity contribution in [2.24, 2.45) is 0 Å². The molecule has 4 rings (SSSR count). The molecular formula is C22H26F2N4O2. The van der Waals surface area contributed by atoms with Crippen LogP contribution in [0.3, 0.4) is 0 Å². The number of hydrogen-bond donors (Lipinski definition) is 1. The van der Waals surface area contributed by atoms with Gasteiger partial charge in [0.25, 0.3) is 5.91 Å². The topological polar surface area (TPSA) is 59.4 Å². The van der Waals surface area contributed by atoms with Crippen LogP contribution >= 0.6 is 0 Å². The Labute approximate surface area is 174 Å². The number of amides is 1. The van der Waals surface area contributed by atoms with Gasteiger partial charge in [-0.15, -0.1) is 6.58 Å². The summed E-state index contributed by atoms with van der Waals surface area (Å²) in [6, 6.07) is 3.89. The fraction of sp³-hybridized carbons (Fsp3) is 0.455. The van der Waals surface area contributed by atoms with E-state index < -0.39 is 11.6 Å². The number of carbonyl (C=O) groups is 1. The second kappa shape index (κ2) is 9.06. The average molecular weight is 416 g/mol. The van der Waals surface area contributed by atoms with Crippen LogP contribution in [0.5, 0.6) is 0 Å². The van der Waals surface area contributed by atoms with Gasteiger partial charge in [0.15, 0.2) is 5.69 Å². The zero-order valence-electron chi connectivity index (χ0n) is 16.9. The summed E-state index contributed by atoms with van der Waals surface area (Å²) in [6.07, 6.45) is 3.90. The predicted molar refractivity (Wildman–Crippen MR) is 108 cm³/mol. The number of rotatable bonds is 6. The van der Waals surface area contributed by atoms with Crippen LogP contribution in [0.15, 0.2) is 30.9 Å². The molecule has 30 heavy (non-hydrogen) atoms. The molecule has 0 spiro atoms. The van der Waals surface area contributed by atoms with Gasteiger partial charge in [0, 0.05) is 42.5 Å². The van der Waals surface area contributed by atoms with E-state index >= 15 is 0 Å². The van der Waals surface area contributed by atoms with E-state index in [1.807, 2.05) is 4.68 Å². The van der Waals surface area contributed by atoms with Crippen LogP contribution < -0.4 is 5.32 Å². The van der Waals surface area contributed by atoms with Gasteiger partial charge in [0.05, 0.1) is 19.8 Å². The van der Waals surface area contributed by atoms with Crippen LogP contribution in [-0.4, -0.2) is 52.9 Å². The van der Waals surface area contributed by atoms with Crippen LogP contribution in [0.4, 0.5) is 8.78 Å². The van der Waals surface area contributed by atoms with Gasteiger partial charge in [-0.1, -0.05) is 12.1 Å². The van der Waals surface area contributed by atoms with Crippen molar-refractivity contribution in [2.45, 2.75) is 38.4 Å². The zero-order valence-corrected chi connectivity index (χ0v) is 16.9. The van der Waals surface area contributed by atoms with Gasteiger partial charge in [-0.2, -0.15) is 5.10 Å². The molecule has 8 heteroatoms. The van der Waals surface area contributed by atoms with Crippen molar-refractivity contribution in [3.63, 3.8) is 0 Å². The summed E-state index contributed by atoms with van der Waals surface area (Å²) in [5.41, 5.74) is 2.47. The van der Waals surface area contributed by atoms with E-state index in [0.717, 1.165) is 24.1 Å². The van der Waals surface area contributed by atoms with Crippen LogP contribution in [-0.2, 0) is 30.7 Å². The molecule has 0 radical (unpaired) electrons. The third-order valence-electron chi connectivity index (χ3n) is 5.78. The van der Waals surface area contributed by atoms with Gasteiger partial charge in [0.1, 0.15) is 11.6 Å². The standard InChI is InChI=1S/C22H26F2N4O2/c1-2-8-28-20-7-6-15(25-14-17-18(23)4-3-5-19(17)24)13-16(20)21(26-28)22(29)27-9-11-30-12-10-27/h2-5,15,25H,1,6-14H2. The molecule has 6 nitrogen and oxygen atoms in total. The number of aromatic nitrogens is 2. The lowest BCUT2D eigenvalue weighted by Crippen LogP contribution is -2.41. The Morgan fingerprint density at radius 3 is 2.73 bits per heavy atom. The number of fused-ring (bicyclic) bond motifs is 1. The first-order valence-electron chi connectivity index (χ1n) is 10.3. The molecule has 1 aromatic carbocycles. The van der Waals surface area contributed by atoms with Crippen molar-refractivity contribution in [2.75, 3.05) is 26.3 Å². The molecule has 1 N–H and O–H groups in total. The second-order valence-electron chi connectivity index (χ2n) is 7.67. The van der Waals surface area contributed by atoms with Gasteiger partial charge in [-0.05, 0) is 31.4 Å². The molecule has 2 aromatic rings. The lowest BCUT2D eigenvalue weighted by molar-refractivity contribution is 0.0297. The number of carbonyl (C=O) groups excluding carboxylic acids is 1. The maximum atomic E-state index is 13.9. The minimum atomic E-state index is -0.555. The number of allylic oxidation sites excluding steroid dienone is 1. The summed E-state index contributed by atoms with van der Waals surface area (Å²) in [7, 11) is 0. The highest BCUT2D eigenvalue weighted by molar-refractivity contribution is 5.94. The maximum absolute atomic E-state index is 13.9. The average Bonchev–Trinajstić information content (AvgIpc) is 3.11. The lowest BCUT2D eigenvalue weighted by Gasteiger charge is -2.28. The first kappa shape index (κ1) is 20.7. The highest BCUT2D eigenvalue weighted by Crippen LogP contribution is 2.27. The molecule has 1 unspecified atom stereocenters. The van der Waals surface area contributed by atoms with Crippen molar-refractivity contribution in [1.29, 1.82) is 0 Å². The SMILES string of the molecule is C=CCn1nc(C(=O)N2CCOCC2)c2c1CCC(NCc1c(F)cccc1F)C2. The van der Waals surface area contributed by atoms with Crippen LogP contribution in [0.2, 0.25) is 0 Å². The Balaban J connectivity index is 1.53. The zero-order chi connectivity index (χ0) is 21.1. The monoisotopic (exact) mass is 416 g/mol. The van der Waals surface area contributed by atoms with Crippen molar-refractivity contribution >= 4 is 5.91 Å². The second-order valence-corrected chi connectivity index (χ2v) is 7.67. The van der Waals surface area contributed by atoms with E-state index in [2.05, 4.69) is 17.0 Å². The predicted octanol–water partition coefficient (Wildman–Crippen LogP) is 2.47. The Morgan fingerprint density at radius 2 is 2.03 bits per heavy atom. The molecular weight excluding hydrogens is 390 g/mol. The molecule has 1 aromatic heterocycles. The molecule has 1 fully saturated rings. The number of halogens is 2. The first-order valence-corrected chi connectivity index (χ1v) is 10.3. The molecule has 2 aliphatic rings. The summed E-state index contributed by atoms with van der Waals surface area (Å²) in [6.45, 7) is 6.59. The van der Waals surface area contributed by atoms with E-state index in [4.69, 9.17) is 4.74 Å². The quantitative estimate of drug-likeness (QED) is 0.735. The molecule has 1 saturated heterocycles. The number of ether oxygens (including phenoxy) is 1. The summed E-state index contributed by atoms with van der Waals surface area (Å²) < 4.78 is 35.1. The smallest absolute Gasteiger partial charge is 0.274 e. The molecule has 0 saturated carbocycles. The van der Waals surface area contributed by atoms with Gasteiger partial charge in [-0.25, -0.2) is 8.78 Å². The molecule has 2 heterocycles. The fourth-order valence-corrected chi connectivity index (χ4v) is 4.17.